The number of nitrogens with two attached hydrogens (primary N) is 1. The van der Waals surface area contributed by atoms with E-state index in [9.17, 15) is 8.42 Å². The molecule has 1 atom stereocenters. The van der Waals surface area contributed by atoms with Crippen LogP contribution < -0.4 is 5.73 Å². The molecule has 0 radical (unpaired) electrons. The van der Waals surface area contributed by atoms with E-state index in [-0.39, 0.29) is 11.5 Å². The van der Waals surface area contributed by atoms with Crippen LogP contribution in [0.3, 0.4) is 0 Å². The molecular formula is C8H15N5O2S. The van der Waals surface area contributed by atoms with Gasteiger partial charge in [-0.3, -0.25) is 0 Å². The number of aromatic nitrogens is 4. The maximum absolute atomic E-state index is 11.5. The highest BCUT2D eigenvalue weighted by atomic mass is 32.2. The molecule has 1 aliphatic heterocycles. The predicted octanol–water partition coefficient (Wildman–Crippen LogP) is -1.48. The summed E-state index contributed by atoms with van der Waals surface area (Å²) < 4.78 is 23.0. The lowest BCUT2D eigenvalue weighted by Crippen LogP contribution is -2.34. The number of nitrogens with zero attached hydrogens (tertiary/aromatic N) is 4. The van der Waals surface area contributed by atoms with Gasteiger partial charge in [0.25, 0.3) is 0 Å². The maximum atomic E-state index is 11.5. The van der Waals surface area contributed by atoms with E-state index in [0.29, 0.717) is 25.2 Å². The Kier molecular flexibility index (Phi) is 2.70. The van der Waals surface area contributed by atoms with E-state index < -0.39 is 15.3 Å². The van der Waals surface area contributed by atoms with E-state index in [1.54, 1.807) is 7.05 Å². The smallest absolute Gasteiger partial charge is 0.175 e. The number of tetrazole rings is 1. The van der Waals surface area contributed by atoms with E-state index in [1.807, 2.05) is 0 Å². The van der Waals surface area contributed by atoms with Gasteiger partial charge in [-0.1, -0.05) is 0 Å². The van der Waals surface area contributed by atoms with Crippen LogP contribution in [0.2, 0.25) is 0 Å². The molecule has 1 saturated heterocycles. The van der Waals surface area contributed by atoms with Gasteiger partial charge < -0.3 is 5.73 Å². The lowest BCUT2D eigenvalue weighted by atomic mass is 9.84. The summed E-state index contributed by atoms with van der Waals surface area (Å²) >= 11 is 0. The third-order valence-electron chi connectivity index (χ3n) is 2.99. The average Bonchev–Trinajstić information content (AvgIpc) is 2.72. The van der Waals surface area contributed by atoms with Crippen LogP contribution >= 0.6 is 0 Å². The van der Waals surface area contributed by atoms with E-state index >= 15 is 0 Å². The highest BCUT2D eigenvalue weighted by Gasteiger charge is 2.42. The van der Waals surface area contributed by atoms with Gasteiger partial charge in [-0.05, 0) is 18.2 Å². The van der Waals surface area contributed by atoms with Crippen molar-refractivity contribution in [3.8, 4) is 0 Å². The molecule has 8 heteroatoms. The lowest BCUT2D eigenvalue weighted by molar-refractivity contribution is 0.336. The Morgan fingerprint density at radius 3 is 2.75 bits per heavy atom. The van der Waals surface area contributed by atoms with Crippen molar-refractivity contribution >= 4 is 9.84 Å². The molecule has 1 unspecified atom stereocenters. The molecule has 2 heterocycles. The monoisotopic (exact) mass is 245 g/mol. The topological polar surface area (TPSA) is 104 Å². The van der Waals surface area contributed by atoms with Crippen LogP contribution in [0.15, 0.2) is 0 Å². The van der Waals surface area contributed by atoms with Gasteiger partial charge in [0, 0.05) is 11.8 Å². The second-order valence-corrected chi connectivity index (χ2v) is 6.60. The standard InChI is InChI=1S/C8H15N5O2S/c1-13-11-7(10-12-13)4-8(5-9)2-3-16(14,15)6-8/h2-6,9H2,1H3. The van der Waals surface area contributed by atoms with Crippen LogP contribution in [-0.4, -0.2) is 46.7 Å². The van der Waals surface area contributed by atoms with E-state index in [2.05, 4.69) is 15.4 Å². The van der Waals surface area contributed by atoms with Gasteiger partial charge >= 0.3 is 0 Å². The lowest BCUT2D eigenvalue weighted by Gasteiger charge is -2.23. The molecule has 0 spiro atoms. The Balaban J connectivity index is 2.18. The summed E-state index contributed by atoms with van der Waals surface area (Å²) in [5.41, 5.74) is 5.30. The highest BCUT2D eigenvalue weighted by molar-refractivity contribution is 7.91. The Morgan fingerprint density at radius 2 is 2.31 bits per heavy atom. The second-order valence-electron chi connectivity index (χ2n) is 4.42. The maximum Gasteiger partial charge on any atom is 0.175 e. The van der Waals surface area contributed by atoms with Crippen LogP contribution in [0.4, 0.5) is 0 Å². The fourth-order valence-corrected chi connectivity index (χ4v) is 4.27. The molecule has 0 saturated carbocycles. The number of hydrogen-bond donors (Lipinski definition) is 1. The molecule has 16 heavy (non-hydrogen) atoms. The molecular weight excluding hydrogens is 230 g/mol. The summed E-state index contributed by atoms with van der Waals surface area (Å²) in [6, 6.07) is 0. The molecule has 0 aromatic carbocycles. The summed E-state index contributed by atoms with van der Waals surface area (Å²) in [6.07, 6.45) is 1.07. The summed E-state index contributed by atoms with van der Waals surface area (Å²) in [5, 5.41) is 11.7. The largest absolute Gasteiger partial charge is 0.330 e. The summed E-state index contributed by atoms with van der Waals surface area (Å²) in [7, 11) is -1.26. The molecule has 2 rings (SSSR count). The summed E-state index contributed by atoms with van der Waals surface area (Å²) in [4.78, 5) is 1.36. The zero-order valence-corrected chi connectivity index (χ0v) is 9.94. The predicted molar refractivity (Wildman–Crippen MR) is 57.3 cm³/mol. The van der Waals surface area contributed by atoms with E-state index in [4.69, 9.17) is 5.73 Å². The van der Waals surface area contributed by atoms with Crippen LogP contribution in [0.1, 0.15) is 12.2 Å². The number of sulfone groups is 1. The molecule has 0 aliphatic carbocycles. The molecule has 1 aromatic rings. The zero-order chi connectivity index (χ0) is 11.8. The minimum Gasteiger partial charge on any atom is -0.330 e. The molecule has 1 fully saturated rings. The Hall–Kier alpha value is -1.02. The van der Waals surface area contributed by atoms with Gasteiger partial charge in [-0.2, -0.15) is 4.80 Å². The Morgan fingerprint density at radius 1 is 1.56 bits per heavy atom. The van der Waals surface area contributed by atoms with Crippen LogP contribution in [-0.2, 0) is 23.3 Å². The average molecular weight is 245 g/mol. The van der Waals surface area contributed by atoms with E-state index in [1.165, 1.54) is 4.80 Å². The van der Waals surface area contributed by atoms with Crippen molar-refractivity contribution in [1.29, 1.82) is 0 Å². The fraction of sp³-hybridized carbons (Fsp3) is 0.875. The third-order valence-corrected chi connectivity index (χ3v) is 4.86. The minimum absolute atomic E-state index is 0.134. The van der Waals surface area contributed by atoms with Crippen molar-refractivity contribution in [3.63, 3.8) is 0 Å². The first-order chi connectivity index (χ1) is 7.45. The van der Waals surface area contributed by atoms with Crippen LogP contribution in [0, 0.1) is 5.41 Å². The third kappa shape index (κ3) is 2.22. The molecule has 0 bridgehead atoms. The number of aryl methyl sites for hydroxylation is 1. The van der Waals surface area contributed by atoms with Crippen molar-refractivity contribution in [2.45, 2.75) is 12.8 Å². The first-order valence-corrected chi connectivity index (χ1v) is 6.90. The summed E-state index contributed by atoms with van der Waals surface area (Å²) in [5.74, 6) is 0.907. The SMILES string of the molecule is Cn1nnc(CC2(CN)CCS(=O)(=O)C2)n1. The van der Waals surface area contributed by atoms with Crippen molar-refractivity contribution in [1.82, 2.24) is 20.2 Å². The van der Waals surface area contributed by atoms with Gasteiger partial charge in [0.1, 0.15) is 0 Å². The molecule has 2 N–H and O–H groups in total. The van der Waals surface area contributed by atoms with Crippen LogP contribution in [0.25, 0.3) is 0 Å². The highest BCUT2D eigenvalue weighted by Crippen LogP contribution is 2.33. The van der Waals surface area contributed by atoms with Gasteiger partial charge in [-0.25, -0.2) is 8.42 Å². The fourth-order valence-electron chi connectivity index (χ4n) is 2.08. The number of hydrogen-bond acceptors (Lipinski definition) is 6. The Labute approximate surface area is 93.9 Å². The van der Waals surface area contributed by atoms with Gasteiger partial charge in [0.15, 0.2) is 15.7 Å². The minimum atomic E-state index is -2.94. The molecule has 7 nitrogen and oxygen atoms in total. The molecule has 1 aromatic heterocycles. The van der Waals surface area contributed by atoms with Gasteiger partial charge in [0.2, 0.25) is 0 Å². The zero-order valence-electron chi connectivity index (χ0n) is 9.13. The Bertz CT molecular complexity index is 482. The van der Waals surface area contributed by atoms with Crippen molar-refractivity contribution in [2.24, 2.45) is 18.2 Å². The summed E-state index contributed by atoms with van der Waals surface area (Å²) in [6.45, 7) is 0.338. The van der Waals surface area contributed by atoms with Crippen molar-refractivity contribution < 1.29 is 8.42 Å². The normalized spacial score (nSPS) is 28.4. The first kappa shape index (κ1) is 11.5. The van der Waals surface area contributed by atoms with Crippen LogP contribution in [0.5, 0.6) is 0 Å². The second kappa shape index (κ2) is 3.77. The van der Waals surface area contributed by atoms with Gasteiger partial charge in [-0.15, -0.1) is 10.2 Å². The van der Waals surface area contributed by atoms with E-state index in [0.717, 1.165) is 0 Å². The molecule has 90 valence electrons. The van der Waals surface area contributed by atoms with Crippen molar-refractivity contribution in [3.05, 3.63) is 5.82 Å². The molecule has 1 aliphatic rings. The number of rotatable bonds is 3. The first-order valence-electron chi connectivity index (χ1n) is 5.08. The van der Waals surface area contributed by atoms with Crippen molar-refractivity contribution in [2.75, 3.05) is 18.1 Å². The quantitative estimate of drug-likeness (QED) is 0.696. The van der Waals surface area contributed by atoms with Gasteiger partial charge in [0.05, 0.1) is 18.6 Å². The molecule has 0 amide bonds.